The zero-order valence-corrected chi connectivity index (χ0v) is 10.5. The predicted molar refractivity (Wildman–Crippen MR) is 73.5 cm³/mol. The van der Waals surface area contributed by atoms with Gasteiger partial charge in [0, 0.05) is 18.6 Å². The summed E-state index contributed by atoms with van der Waals surface area (Å²) in [5, 5.41) is 6.95. The molecule has 1 amide bonds. The quantitative estimate of drug-likeness (QED) is 0.785. The van der Waals surface area contributed by atoms with Crippen molar-refractivity contribution in [1.29, 1.82) is 0 Å². The Labute approximate surface area is 115 Å². The molecule has 0 fully saturated rings. The number of carbonyl (C=O) groups is 1. The van der Waals surface area contributed by atoms with E-state index in [2.05, 4.69) is 20.4 Å². The summed E-state index contributed by atoms with van der Waals surface area (Å²) < 4.78 is 1.64. The van der Waals surface area contributed by atoms with Crippen molar-refractivity contribution in [2.45, 2.75) is 0 Å². The molecule has 0 unspecified atom stereocenters. The predicted octanol–water partition coefficient (Wildman–Crippen LogP) is 1.91. The summed E-state index contributed by atoms with van der Waals surface area (Å²) in [4.78, 5) is 19.9. The summed E-state index contributed by atoms with van der Waals surface area (Å²) in [7, 11) is 0. The molecule has 98 valence electrons. The van der Waals surface area contributed by atoms with Crippen LogP contribution in [0.15, 0.2) is 61.4 Å². The molecule has 0 saturated carbocycles. The van der Waals surface area contributed by atoms with E-state index in [1.54, 1.807) is 47.8 Å². The lowest BCUT2D eigenvalue weighted by Crippen LogP contribution is -2.11. The second-order valence-electron chi connectivity index (χ2n) is 4.08. The average Bonchev–Trinajstić information content (AvgIpc) is 2.97. The highest BCUT2D eigenvalue weighted by Crippen LogP contribution is 2.11. The van der Waals surface area contributed by atoms with Crippen molar-refractivity contribution in [3.05, 3.63) is 67.0 Å². The minimum Gasteiger partial charge on any atom is -0.319 e. The molecule has 0 aromatic carbocycles. The van der Waals surface area contributed by atoms with Gasteiger partial charge >= 0.3 is 0 Å². The van der Waals surface area contributed by atoms with Gasteiger partial charge in [-0.1, -0.05) is 0 Å². The Morgan fingerprint density at radius 1 is 1.05 bits per heavy atom. The molecule has 0 atom stereocenters. The molecule has 3 aromatic rings. The minimum absolute atomic E-state index is 0.219. The maximum atomic E-state index is 12.0. The van der Waals surface area contributed by atoms with Crippen molar-refractivity contribution in [2.75, 3.05) is 5.32 Å². The summed E-state index contributed by atoms with van der Waals surface area (Å²) in [6, 6.07) is 7.12. The van der Waals surface area contributed by atoms with Crippen LogP contribution in [0.2, 0.25) is 0 Å². The van der Waals surface area contributed by atoms with Crippen LogP contribution in [-0.2, 0) is 0 Å². The highest BCUT2D eigenvalue weighted by atomic mass is 16.1. The average molecular weight is 265 g/mol. The number of rotatable bonds is 3. The number of hydrogen-bond acceptors (Lipinski definition) is 4. The first kappa shape index (κ1) is 12.0. The molecular weight excluding hydrogens is 254 g/mol. The second-order valence-corrected chi connectivity index (χ2v) is 4.08. The van der Waals surface area contributed by atoms with Crippen LogP contribution in [0.1, 0.15) is 10.4 Å². The fourth-order valence-electron chi connectivity index (χ4n) is 1.72. The van der Waals surface area contributed by atoms with E-state index < -0.39 is 0 Å². The maximum absolute atomic E-state index is 12.0. The van der Waals surface area contributed by atoms with E-state index in [9.17, 15) is 4.79 Å². The number of anilines is 1. The zero-order chi connectivity index (χ0) is 13.8. The largest absolute Gasteiger partial charge is 0.319 e. The Hall–Kier alpha value is -3.02. The van der Waals surface area contributed by atoms with E-state index in [0.29, 0.717) is 11.3 Å². The smallest absolute Gasteiger partial charge is 0.257 e. The van der Waals surface area contributed by atoms with Crippen LogP contribution in [-0.4, -0.2) is 25.7 Å². The van der Waals surface area contributed by atoms with E-state index in [-0.39, 0.29) is 5.91 Å². The lowest BCUT2D eigenvalue weighted by molar-refractivity contribution is 0.102. The van der Waals surface area contributed by atoms with Gasteiger partial charge in [-0.05, 0) is 24.3 Å². The summed E-state index contributed by atoms with van der Waals surface area (Å²) in [5.41, 5.74) is 1.94. The highest BCUT2D eigenvalue weighted by Gasteiger charge is 2.07. The third-order valence-corrected chi connectivity index (χ3v) is 2.67. The number of amides is 1. The summed E-state index contributed by atoms with van der Waals surface area (Å²) in [5.74, 6) is -0.219. The topological polar surface area (TPSA) is 72.7 Å². The second kappa shape index (κ2) is 5.31. The SMILES string of the molecule is O=C(Nc1cnn(-c2cccnc2)c1)c1cccnc1. The molecule has 1 N–H and O–H groups in total. The Morgan fingerprint density at radius 2 is 1.85 bits per heavy atom. The molecule has 3 rings (SSSR count). The third-order valence-electron chi connectivity index (χ3n) is 2.67. The normalized spacial score (nSPS) is 10.2. The van der Waals surface area contributed by atoms with Crippen LogP contribution in [0.3, 0.4) is 0 Å². The highest BCUT2D eigenvalue weighted by molar-refractivity contribution is 6.03. The molecular formula is C14H11N5O. The van der Waals surface area contributed by atoms with Crippen molar-refractivity contribution in [3.8, 4) is 5.69 Å². The number of carbonyl (C=O) groups excluding carboxylic acids is 1. The maximum Gasteiger partial charge on any atom is 0.257 e. The fraction of sp³-hybridized carbons (Fsp3) is 0. The van der Waals surface area contributed by atoms with Gasteiger partial charge in [0.2, 0.25) is 0 Å². The standard InChI is InChI=1S/C14H11N5O/c20-14(11-3-1-5-15-7-11)18-12-8-17-19(10-12)13-4-2-6-16-9-13/h1-10H,(H,18,20). The summed E-state index contributed by atoms with van der Waals surface area (Å²) in [6.07, 6.45) is 9.84. The van der Waals surface area contributed by atoms with Crippen LogP contribution in [0, 0.1) is 0 Å². The number of nitrogens with zero attached hydrogens (tertiary/aromatic N) is 4. The Balaban J connectivity index is 1.77. The molecule has 6 nitrogen and oxygen atoms in total. The van der Waals surface area contributed by atoms with E-state index in [1.807, 2.05) is 12.1 Å². The Kier molecular flexibility index (Phi) is 3.20. The van der Waals surface area contributed by atoms with E-state index >= 15 is 0 Å². The van der Waals surface area contributed by atoms with Crippen molar-refractivity contribution in [3.63, 3.8) is 0 Å². The zero-order valence-electron chi connectivity index (χ0n) is 10.5. The van der Waals surface area contributed by atoms with E-state index in [4.69, 9.17) is 0 Å². The first-order valence-electron chi connectivity index (χ1n) is 5.99. The van der Waals surface area contributed by atoms with Crippen molar-refractivity contribution in [2.24, 2.45) is 0 Å². The van der Waals surface area contributed by atoms with Gasteiger partial charge in [0.15, 0.2) is 0 Å². The van der Waals surface area contributed by atoms with Crippen LogP contribution >= 0.6 is 0 Å². The van der Waals surface area contributed by atoms with Gasteiger partial charge in [0.25, 0.3) is 5.91 Å². The molecule has 3 aromatic heterocycles. The Morgan fingerprint density at radius 3 is 2.55 bits per heavy atom. The van der Waals surface area contributed by atoms with Gasteiger partial charge in [-0.2, -0.15) is 5.10 Å². The summed E-state index contributed by atoms with van der Waals surface area (Å²) in [6.45, 7) is 0. The van der Waals surface area contributed by atoms with Crippen molar-refractivity contribution >= 4 is 11.6 Å². The molecule has 0 saturated heterocycles. The molecule has 3 heterocycles. The Bertz CT molecular complexity index is 709. The van der Waals surface area contributed by atoms with Gasteiger partial charge in [0.05, 0.1) is 35.5 Å². The van der Waals surface area contributed by atoms with Gasteiger partial charge < -0.3 is 5.32 Å². The third kappa shape index (κ3) is 2.54. The molecule has 6 heteroatoms. The van der Waals surface area contributed by atoms with Gasteiger partial charge in [-0.3, -0.25) is 14.8 Å². The van der Waals surface area contributed by atoms with Crippen molar-refractivity contribution < 1.29 is 4.79 Å². The van der Waals surface area contributed by atoms with Crippen LogP contribution in [0.25, 0.3) is 5.69 Å². The van der Waals surface area contributed by atoms with Crippen LogP contribution in [0.4, 0.5) is 5.69 Å². The minimum atomic E-state index is -0.219. The number of hydrogen-bond donors (Lipinski definition) is 1. The van der Waals surface area contributed by atoms with Crippen LogP contribution < -0.4 is 5.32 Å². The molecule has 0 bridgehead atoms. The van der Waals surface area contributed by atoms with Gasteiger partial charge in [0.1, 0.15) is 0 Å². The molecule has 0 spiro atoms. The molecule has 0 aliphatic heterocycles. The number of nitrogens with one attached hydrogen (secondary N) is 1. The molecule has 0 aliphatic rings. The van der Waals surface area contributed by atoms with Gasteiger partial charge in [-0.15, -0.1) is 0 Å². The first-order chi connectivity index (χ1) is 9.83. The summed E-state index contributed by atoms with van der Waals surface area (Å²) >= 11 is 0. The fourth-order valence-corrected chi connectivity index (χ4v) is 1.72. The monoisotopic (exact) mass is 265 g/mol. The first-order valence-corrected chi connectivity index (χ1v) is 5.99. The number of aromatic nitrogens is 4. The molecule has 20 heavy (non-hydrogen) atoms. The molecule has 0 radical (unpaired) electrons. The lowest BCUT2D eigenvalue weighted by atomic mass is 10.2. The van der Waals surface area contributed by atoms with Gasteiger partial charge in [-0.25, -0.2) is 4.68 Å². The number of pyridine rings is 2. The van der Waals surface area contributed by atoms with Crippen molar-refractivity contribution in [1.82, 2.24) is 19.7 Å². The molecule has 0 aliphatic carbocycles. The lowest BCUT2D eigenvalue weighted by Gasteiger charge is -2.01. The van der Waals surface area contributed by atoms with E-state index in [1.165, 1.54) is 6.20 Å². The van der Waals surface area contributed by atoms with Crippen LogP contribution in [0.5, 0.6) is 0 Å². The van der Waals surface area contributed by atoms with E-state index in [0.717, 1.165) is 5.69 Å².